The van der Waals surface area contributed by atoms with Crippen LogP contribution in [-0.4, -0.2) is 13.1 Å². The molecule has 1 aliphatic carbocycles. The van der Waals surface area contributed by atoms with E-state index in [2.05, 4.69) is 26.2 Å². The Balaban J connectivity index is 2.17. The molecule has 0 aromatic rings. The second-order valence-corrected chi connectivity index (χ2v) is 6.92. The first kappa shape index (κ1) is 18.0. The Labute approximate surface area is 128 Å². The Kier molecular flexibility index (Phi) is 10.4. The van der Waals surface area contributed by atoms with Gasteiger partial charge in [0.25, 0.3) is 0 Å². The number of rotatable bonds is 11. The van der Waals surface area contributed by atoms with E-state index in [-0.39, 0.29) is 0 Å². The zero-order valence-corrected chi connectivity index (χ0v) is 14.4. The van der Waals surface area contributed by atoms with Crippen LogP contribution in [0.25, 0.3) is 0 Å². The summed E-state index contributed by atoms with van der Waals surface area (Å²) in [5.41, 5.74) is 0. The van der Waals surface area contributed by atoms with Crippen LogP contribution >= 0.6 is 0 Å². The quantitative estimate of drug-likeness (QED) is 0.463. The van der Waals surface area contributed by atoms with Crippen LogP contribution in [0.3, 0.4) is 0 Å². The summed E-state index contributed by atoms with van der Waals surface area (Å²) in [7, 11) is 2.19. The van der Waals surface area contributed by atoms with E-state index in [4.69, 9.17) is 0 Å². The smallest absolute Gasteiger partial charge is 0.00949 e. The van der Waals surface area contributed by atoms with Gasteiger partial charge in [0.05, 0.1) is 0 Å². The van der Waals surface area contributed by atoms with Crippen molar-refractivity contribution in [3.05, 3.63) is 0 Å². The Morgan fingerprint density at radius 1 is 0.900 bits per heavy atom. The standard InChI is InChI=1S/C19H39N/c1-4-6-7-8-9-10-11-16-19(20-3)18-15-13-12-14-17(18)5-2/h17-20H,4-16H2,1-3H3. The average Bonchev–Trinajstić information content (AvgIpc) is 2.50. The molecular weight excluding hydrogens is 242 g/mol. The van der Waals surface area contributed by atoms with E-state index in [1.165, 1.54) is 83.5 Å². The van der Waals surface area contributed by atoms with E-state index in [0.717, 1.165) is 17.9 Å². The third-order valence-electron chi connectivity index (χ3n) is 5.50. The van der Waals surface area contributed by atoms with Gasteiger partial charge in [-0.3, -0.25) is 0 Å². The molecule has 0 spiro atoms. The number of unbranched alkanes of at least 4 members (excludes halogenated alkanes) is 6. The molecule has 3 unspecified atom stereocenters. The zero-order chi connectivity index (χ0) is 14.6. The second-order valence-electron chi connectivity index (χ2n) is 6.92. The Hall–Kier alpha value is -0.0400. The maximum absolute atomic E-state index is 3.65. The fourth-order valence-corrected chi connectivity index (χ4v) is 4.17. The summed E-state index contributed by atoms with van der Waals surface area (Å²) in [4.78, 5) is 0. The average molecular weight is 282 g/mol. The monoisotopic (exact) mass is 281 g/mol. The van der Waals surface area contributed by atoms with Gasteiger partial charge in [-0.15, -0.1) is 0 Å². The van der Waals surface area contributed by atoms with Gasteiger partial charge in [-0.25, -0.2) is 0 Å². The molecule has 0 bridgehead atoms. The molecule has 20 heavy (non-hydrogen) atoms. The van der Waals surface area contributed by atoms with Crippen molar-refractivity contribution >= 4 is 0 Å². The number of hydrogen-bond acceptors (Lipinski definition) is 1. The second kappa shape index (κ2) is 11.6. The summed E-state index contributed by atoms with van der Waals surface area (Å²) in [6.07, 6.45) is 18.7. The molecule has 1 rings (SSSR count). The van der Waals surface area contributed by atoms with Gasteiger partial charge >= 0.3 is 0 Å². The molecule has 0 saturated heterocycles. The van der Waals surface area contributed by atoms with Crippen molar-refractivity contribution in [1.82, 2.24) is 5.32 Å². The summed E-state index contributed by atoms with van der Waals surface area (Å²) in [6.45, 7) is 4.69. The van der Waals surface area contributed by atoms with Crippen molar-refractivity contribution in [3.8, 4) is 0 Å². The van der Waals surface area contributed by atoms with Crippen molar-refractivity contribution in [1.29, 1.82) is 0 Å². The van der Waals surface area contributed by atoms with Crippen molar-refractivity contribution in [2.45, 2.75) is 103 Å². The van der Waals surface area contributed by atoms with E-state index in [0.29, 0.717) is 0 Å². The molecule has 0 aliphatic heterocycles. The predicted molar refractivity (Wildman–Crippen MR) is 91.2 cm³/mol. The largest absolute Gasteiger partial charge is 0.317 e. The van der Waals surface area contributed by atoms with Crippen LogP contribution in [0.2, 0.25) is 0 Å². The Bertz CT molecular complexity index is 214. The topological polar surface area (TPSA) is 12.0 Å². The molecule has 1 saturated carbocycles. The summed E-state index contributed by atoms with van der Waals surface area (Å²) in [5.74, 6) is 1.95. The minimum absolute atomic E-state index is 0.788. The third kappa shape index (κ3) is 6.61. The molecule has 0 radical (unpaired) electrons. The van der Waals surface area contributed by atoms with E-state index in [9.17, 15) is 0 Å². The zero-order valence-electron chi connectivity index (χ0n) is 14.4. The molecule has 1 heteroatoms. The molecule has 0 aromatic carbocycles. The first-order valence-electron chi connectivity index (χ1n) is 9.50. The van der Waals surface area contributed by atoms with Gasteiger partial charge in [-0.2, -0.15) is 0 Å². The molecule has 120 valence electrons. The lowest BCUT2D eigenvalue weighted by atomic mass is 9.73. The van der Waals surface area contributed by atoms with Crippen LogP contribution in [0.4, 0.5) is 0 Å². The molecule has 0 heterocycles. The van der Waals surface area contributed by atoms with Crippen LogP contribution in [-0.2, 0) is 0 Å². The van der Waals surface area contributed by atoms with Gasteiger partial charge < -0.3 is 5.32 Å². The first-order chi connectivity index (χ1) is 9.83. The minimum atomic E-state index is 0.788. The van der Waals surface area contributed by atoms with E-state index in [1.54, 1.807) is 0 Å². The molecule has 1 nitrogen and oxygen atoms in total. The predicted octanol–water partition coefficient (Wildman–Crippen LogP) is 5.93. The first-order valence-corrected chi connectivity index (χ1v) is 9.50. The summed E-state index contributed by atoms with van der Waals surface area (Å²) < 4.78 is 0. The normalized spacial score (nSPS) is 24.8. The maximum atomic E-state index is 3.65. The highest BCUT2D eigenvalue weighted by atomic mass is 14.9. The lowest BCUT2D eigenvalue weighted by Crippen LogP contribution is -2.39. The molecule has 0 aromatic heterocycles. The van der Waals surface area contributed by atoms with Crippen molar-refractivity contribution < 1.29 is 0 Å². The van der Waals surface area contributed by atoms with Crippen molar-refractivity contribution in [2.75, 3.05) is 7.05 Å². The van der Waals surface area contributed by atoms with Gasteiger partial charge in [0.2, 0.25) is 0 Å². The van der Waals surface area contributed by atoms with Crippen LogP contribution < -0.4 is 5.32 Å². The molecule has 3 atom stereocenters. The van der Waals surface area contributed by atoms with Crippen molar-refractivity contribution in [2.24, 2.45) is 11.8 Å². The van der Waals surface area contributed by atoms with E-state index < -0.39 is 0 Å². The Morgan fingerprint density at radius 3 is 2.20 bits per heavy atom. The number of hydrogen-bond donors (Lipinski definition) is 1. The summed E-state index contributed by atoms with van der Waals surface area (Å²) >= 11 is 0. The van der Waals surface area contributed by atoms with Crippen LogP contribution in [0.5, 0.6) is 0 Å². The van der Waals surface area contributed by atoms with E-state index >= 15 is 0 Å². The fraction of sp³-hybridized carbons (Fsp3) is 1.00. The van der Waals surface area contributed by atoms with Gasteiger partial charge in [0, 0.05) is 6.04 Å². The lowest BCUT2D eigenvalue weighted by molar-refractivity contribution is 0.172. The van der Waals surface area contributed by atoms with Gasteiger partial charge in [-0.05, 0) is 31.7 Å². The molecule has 1 N–H and O–H groups in total. The molecule has 1 fully saturated rings. The summed E-state index contributed by atoms with van der Waals surface area (Å²) in [5, 5.41) is 3.65. The SMILES string of the molecule is CCCCCCCCCC(NC)C1CCCCC1CC. The van der Waals surface area contributed by atoms with Crippen LogP contribution in [0.1, 0.15) is 97.3 Å². The highest BCUT2D eigenvalue weighted by Gasteiger charge is 2.29. The van der Waals surface area contributed by atoms with Crippen LogP contribution in [0.15, 0.2) is 0 Å². The summed E-state index contributed by atoms with van der Waals surface area (Å²) in [6, 6.07) is 0.788. The Morgan fingerprint density at radius 2 is 1.55 bits per heavy atom. The molecule has 1 aliphatic rings. The molecular formula is C19H39N. The van der Waals surface area contributed by atoms with Gasteiger partial charge in [-0.1, -0.05) is 84.5 Å². The van der Waals surface area contributed by atoms with Gasteiger partial charge in [0.1, 0.15) is 0 Å². The van der Waals surface area contributed by atoms with Crippen molar-refractivity contribution in [3.63, 3.8) is 0 Å². The lowest BCUT2D eigenvalue weighted by Gasteiger charge is -2.37. The van der Waals surface area contributed by atoms with E-state index in [1.807, 2.05) is 0 Å². The highest BCUT2D eigenvalue weighted by Crippen LogP contribution is 2.35. The van der Waals surface area contributed by atoms with Gasteiger partial charge in [0.15, 0.2) is 0 Å². The highest BCUT2D eigenvalue weighted by molar-refractivity contribution is 4.83. The molecule has 0 amide bonds. The van der Waals surface area contributed by atoms with Crippen LogP contribution in [0, 0.1) is 11.8 Å². The maximum Gasteiger partial charge on any atom is 0.00949 e. The fourth-order valence-electron chi connectivity index (χ4n) is 4.17. The number of nitrogens with one attached hydrogen (secondary N) is 1. The minimum Gasteiger partial charge on any atom is -0.317 e. The third-order valence-corrected chi connectivity index (χ3v) is 5.50.